The molecule has 57 heavy (non-hydrogen) atoms. The molecule has 0 saturated heterocycles. The third kappa shape index (κ3) is 7.55. The Morgan fingerprint density at radius 3 is 1.58 bits per heavy atom. The summed E-state index contributed by atoms with van der Waals surface area (Å²) in [6.45, 7) is 8.93. The molecule has 3 heteroatoms. The molecule has 3 nitrogen and oxygen atoms in total. The number of hydrogen-bond donors (Lipinski definition) is 3. The molecule has 0 spiro atoms. The molecule has 8 rings (SSSR count). The summed E-state index contributed by atoms with van der Waals surface area (Å²) < 4.78 is 0. The Bertz CT molecular complexity index is 2810. The van der Waals surface area contributed by atoms with Crippen molar-refractivity contribution in [1.29, 1.82) is 10.8 Å². The van der Waals surface area contributed by atoms with E-state index < -0.39 is 0 Å². The summed E-state index contributed by atoms with van der Waals surface area (Å²) in [5.74, 6) is 0. The molecule has 0 fully saturated rings. The van der Waals surface area contributed by atoms with E-state index in [0.29, 0.717) is 5.57 Å². The van der Waals surface area contributed by atoms with Crippen LogP contribution in [0.3, 0.4) is 0 Å². The zero-order valence-corrected chi connectivity index (χ0v) is 31.5. The highest BCUT2D eigenvalue weighted by atomic mass is 14.9. The molecule has 0 aliphatic rings. The van der Waals surface area contributed by atoms with Crippen molar-refractivity contribution in [3.8, 4) is 33.4 Å². The molecule has 0 atom stereocenters. The van der Waals surface area contributed by atoms with E-state index in [1.165, 1.54) is 50.7 Å². The molecular formula is C54H41N3. The molecule has 0 aliphatic carbocycles. The lowest BCUT2D eigenvalue weighted by molar-refractivity contribution is 1.49. The summed E-state index contributed by atoms with van der Waals surface area (Å²) in [4.78, 5) is 0. The van der Waals surface area contributed by atoms with Crippen molar-refractivity contribution in [3.05, 3.63) is 224 Å². The molecule has 0 unspecified atom stereocenters. The van der Waals surface area contributed by atoms with Gasteiger partial charge in [0.05, 0.1) is 0 Å². The molecule has 272 valence electrons. The van der Waals surface area contributed by atoms with E-state index in [0.717, 1.165) is 55.9 Å². The second kappa shape index (κ2) is 16.4. The fourth-order valence-corrected chi connectivity index (χ4v) is 7.62. The van der Waals surface area contributed by atoms with Crippen molar-refractivity contribution >= 4 is 62.1 Å². The third-order valence-electron chi connectivity index (χ3n) is 10.3. The van der Waals surface area contributed by atoms with Crippen LogP contribution in [0.4, 0.5) is 11.4 Å². The van der Waals surface area contributed by atoms with Crippen molar-refractivity contribution < 1.29 is 0 Å². The van der Waals surface area contributed by atoms with E-state index in [4.69, 9.17) is 10.8 Å². The Hall–Kier alpha value is -7.62. The van der Waals surface area contributed by atoms with E-state index in [-0.39, 0.29) is 0 Å². The number of anilines is 2. The molecule has 8 aromatic rings. The molecule has 0 amide bonds. The van der Waals surface area contributed by atoms with Crippen LogP contribution in [-0.4, -0.2) is 12.4 Å². The van der Waals surface area contributed by atoms with Gasteiger partial charge < -0.3 is 16.1 Å². The molecule has 0 radical (unpaired) electrons. The molecule has 3 N–H and O–H groups in total. The smallest absolute Gasteiger partial charge is 0.0464 e. The summed E-state index contributed by atoms with van der Waals surface area (Å²) in [5, 5.41) is 24.4. The van der Waals surface area contributed by atoms with E-state index in [1.54, 1.807) is 6.08 Å². The topological polar surface area (TPSA) is 59.7 Å². The number of allylic oxidation sites excluding steroid dienone is 6. The quantitative estimate of drug-likeness (QED) is 0.0654. The van der Waals surface area contributed by atoms with Gasteiger partial charge in [0.2, 0.25) is 0 Å². The highest BCUT2D eigenvalue weighted by Gasteiger charge is 2.18. The van der Waals surface area contributed by atoms with E-state index in [9.17, 15) is 0 Å². The van der Waals surface area contributed by atoms with Crippen molar-refractivity contribution in [2.24, 2.45) is 0 Å². The van der Waals surface area contributed by atoms with Crippen LogP contribution in [0.15, 0.2) is 207 Å². The van der Waals surface area contributed by atoms with Crippen LogP contribution in [0.2, 0.25) is 0 Å². The van der Waals surface area contributed by atoms with Crippen molar-refractivity contribution in [2.75, 3.05) is 5.32 Å². The summed E-state index contributed by atoms with van der Waals surface area (Å²) in [5.41, 5.74) is 13.7. The minimum Gasteiger partial charge on any atom is -0.355 e. The van der Waals surface area contributed by atoms with Crippen LogP contribution < -0.4 is 5.32 Å². The van der Waals surface area contributed by atoms with Gasteiger partial charge in [-0.3, -0.25) is 0 Å². The van der Waals surface area contributed by atoms with Crippen molar-refractivity contribution in [3.63, 3.8) is 0 Å². The maximum Gasteiger partial charge on any atom is 0.0464 e. The lowest BCUT2D eigenvalue weighted by Gasteiger charge is -2.19. The second-order valence-electron chi connectivity index (χ2n) is 13.9. The van der Waals surface area contributed by atoms with Gasteiger partial charge in [-0.05, 0) is 137 Å². The fraction of sp³-hybridized carbons (Fsp3) is 0. The standard InChI is InChI=1S/C54H41N3/c1-37(17-16-30-55)51-35-41(28-29-52(51)57-46-22-10-5-11-23-46)45(36-56)31-38(2)42-32-43(39-18-6-3-7-19-39)34-44(33-42)54-49-26-14-12-24-47(49)53(40-20-8-4-9-21-40)48-25-13-15-27-50(48)54/h3-36,55-57H,1-2H2/b17-16-,45-31+,55-30?,56-36?. The van der Waals surface area contributed by atoms with Gasteiger partial charge in [0.25, 0.3) is 0 Å². The van der Waals surface area contributed by atoms with Gasteiger partial charge >= 0.3 is 0 Å². The minimum absolute atomic E-state index is 0.714. The molecular weight excluding hydrogens is 691 g/mol. The van der Waals surface area contributed by atoms with Gasteiger partial charge in [-0.1, -0.05) is 153 Å². The highest BCUT2D eigenvalue weighted by molar-refractivity contribution is 6.21. The first kappa shape index (κ1) is 36.4. The largest absolute Gasteiger partial charge is 0.355 e. The van der Waals surface area contributed by atoms with Gasteiger partial charge in [0, 0.05) is 29.4 Å². The molecule has 0 bridgehead atoms. The molecule has 0 aliphatic heterocycles. The van der Waals surface area contributed by atoms with Crippen LogP contribution in [0.1, 0.15) is 16.7 Å². The molecule has 0 heterocycles. The average molecular weight is 732 g/mol. The number of benzene rings is 8. The Balaban J connectivity index is 1.29. The second-order valence-corrected chi connectivity index (χ2v) is 13.9. The number of rotatable bonds is 12. The first-order valence-corrected chi connectivity index (χ1v) is 19.0. The van der Waals surface area contributed by atoms with Crippen LogP contribution in [0.25, 0.3) is 71.6 Å². The van der Waals surface area contributed by atoms with Crippen LogP contribution in [-0.2, 0) is 0 Å². The van der Waals surface area contributed by atoms with E-state index >= 15 is 0 Å². The monoisotopic (exact) mass is 731 g/mol. The normalized spacial score (nSPS) is 11.5. The molecule has 8 aromatic carbocycles. The van der Waals surface area contributed by atoms with Crippen molar-refractivity contribution in [2.45, 2.75) is 0 Å². The number of fused-ring (bicyclic) bond motifs is 2. The average Bonchev–Trinajstić information content (AvgIpc) is 3.27. The highest BCUT2D eigenvalue weighted by Crippen LogP contribution is 2.45. The van der Waals surface area contributed by atoms with Gasteiger partial charge in [-0.2, -0.15) is 0 Å². The third-order valence-corrected chi connectivity index (χ3v) is 10.3. The lowest BCUT2D eigenvalue weighted by Crippen LogP contribution is -1.97. The molecule has 0 saturated carbocycles. The van der Waals surface area contributed by atoms with Crippen molar-refractivity contribution in [1.82, 2.24) is 0 Å². The number of nitrogens with one attached hydrogen (secondary N) is 3. The summed E-state index contributed by atoms with van der Waals surface area (Å²) in [7, 11) is 0. The van der Waals surface area contributed by atoms with Gasteiger partial charge in [0.1, 0.15) is 0 Å². The number of hydrogen-bond acceptors (Lipinski definition) is 3. The first-order valence-electron chi connectivity index (χ1n) is 19.0. The number of para-hydroxylation sites is 1. The first-order chi connectivity index (χ1) is 28.0. The zero-order chi connectivity index (χ0) is 39.1. The minimum atomic E-state index is 0.714. The van der Waals surface area contributed by atoms with Gasteiger partial charge in [-0.15, -0.1) is 0 Å². The predicted molar refractivity (Wildman–Crippen MR) is 247 cm³/mol. The predicted octanol–water partition coefficient (Wildman–Crippen LogP) is 14.7. The fourth-order valence-electron chi connectivity index (χ4n) is 7.62. The lowest BCUT2D eigenvalue weighted by atomic mass is 9.84. The Morgan fingerprint density at radius 2 is 1.00 bits per heavy atom. The Morgan fingerprint density at radius 1 is 0.474 bits per heavy atom. The zero-order valence-electron chi connectivity index (χ0n) is 31.5. The van der Waals surface area contributed by atoms with Crippen LogP contribution >= 0.6 is 0 Å². The van der Waals surface area contributed by atoms with E-state index in [2.05, 4.69) is 140 Å². The maximum atomic E-state index is 8.58. The summed E-state index contributed by atoms with van der Waals surface area (Å²) >= 11 is 0. The maximum absolute atomic E-state index is 8.58. The molecule has 0 aromatic heterocycles. The van der Waals surface area contributed by atoms with E-state index in [1.807, 2.05) is 66.7 Å². The van der Waals surface area contributed by atoms with Gasteiger partial charge in [0.15, 0.2) is 0 Å². The Labute approximate surface area is 334 Å². The van der Waals surface area contributed by atoms with Gasteiger partial charge in [-0.25, -0.2) is 0 Å². The summed E-state index contributed by atoms with van der Waals surface area (Å²) in [6.07, 6.45) is 8.11. The Kier molecular flexibility index (Phi) is 10.5. The van der Waals surface area contributed by atoms with Crippen LogP contribution in [0.5, 0.6) is 0 Å². The summed E-state index contributed by atoms with van der Waals surface area (Å²) in [6, 6.07) is 61.4. The SMILES string of the molecule is C=C(/C=C(\C=N)c1ccc(Nc2ccccc2)c(C(=C)/C=C\C=N)c1)c1cc(-c2ccccc2)cc(-c2c3ccccc3c(-c3ccccc3)c3ccccc23)c1. The van der Waals surface area contributed by atoms with Crippen LogP contribution in [0, 0.1) is 10.8 Å².